The molecule has 1 amide bonds. The first-order valence-corrected chi connectivity index (χ1v) is 7.73. The molecule has 20 heavy (non-hydrogen) atoms. The molecule has 0 aromatic heterocycles. The zero-order valence-electron chi connectivity index (χ0n) is 12.4. The maximum absolute atomic E-state index is 12.0. The predicted octanol–water partition coefficient (Wildman–Crippen LogP) is 2.85. The van der Waals surface area contributed by atoms with Crippen LogP contribution in [0.3, 0.4) is 0 Å². The maximum Gasteiger partial charge on any atom is 0.221 e. The summed E-state index contributed by atoms with van der Waals surface area (Å²) in [5, 5.41) is 15.2. The average molecular weight is 285 g/mol. The van der Waals surface area contributed by atoms with Gasteiger partial charge in [0.1, 0.15) is 11.7 Å². The molecule has 0 aromatic rings. The quantitative estimate of drug-likeness (QED) is 0.263. The van der Waals surface area contributed by atoms with Crippen LogP contribution in [0, 0.1) is 4.91 Å². The van der Waals surface area contributed by atoms with Crippen LogP contribution < -0.4 is 10.8 Å². The summed E-state index contributed by atoms with van der Waals surface area (Å²) in [6.07, 6.45) is 8.70. The van der Waals surface area contributed by atoms with Crippen LogP contribution in [0.2, 0.25) is 0 Å². The van der Waals surface area contributed by atoms with Gasteiger partial charge in [-0.1, -0.05) is 44.2 Å². The molecule has 0 aromatic carbocycles. The van der Waals surface area contributed by atoms with Crippen molar-refractivity contribution >= 4 is 5.91 Å². The van der Waals surface area contributed by atoms with E-state index in [2.05, 4.69) is 22.9 Å². The van der Waals surface area contributed by atoms with Gasteiger partial charge in [0, 0.05) is 6.42 Å². The lowest BCUT2D eigenvalue weighted by Crippen LogP contribution is -2.65. The van der Waals surface area contributed by atoms with Crippen LogP contribution in [0.15, 0.2) is 5.18 Å². The van der Waals surface area contributed by atoms with Gasteiger partial charge in [-0.15, -0.1) is 0 Å². The molecule has 0 aliphatic heterocycles. The Morgan fingerprint density at radius 1 is 1.30 bits per heavy atom. The van der Waals surface area contributed by atoms with E-state index in [9.17, 15) is 14.9 Å². The van der Waals surface area contributed by atoms with Gasteiger partial charge in [0.05, 0.1) is 0 Å². The number of nitrogens with zero attached hydrogens (tertiary/aromatic N) is 1. The highest BCUT2D eigenvalue weighted by atomic mass is 16.5. The van der Waals surface area contributed by atoms with Crippen LogP contribution in [0.4, 0.5) is 0 Å². The molecule has 0 saturated heterocycles. The molecule has 2 atom stereocenters. The molecule has 1 aliphatic carbocycles. The van der Waals surface area contributed by atoms with Crippen molar-refractivity contribution in [3.63, 3.8) is 0 Å². The number of unbranched alkanes of at least 4 members (excludes halogenated alkanes) is 4. The molecule has 1 fully saturated rings. The summed E-state index contributed by atoms with van der Waals surface area (Å²) < 4.78 is 0. The molecule has 1 saturated carbocycles. The molecule has 6 heteroatoms. The van der Waals surface area contributed by atoms with Gasteiger partial charge in [0.15, 0.2) is 0 Å². The summed E-state index contributed by atoms with van der Waals surface area (Å²) in [7, 11) is 0. The van der Waals surface area contributed by atoms with Gasteiger partial charge in [0.25, 0.3) is 0 Å². The van der Waals surface area contributed by atoms with E-state index >= 15 is 0 Å². The van der Waals surface area contributed by atoms with Gasteiger partial charge in [-0.3, -0.25) is 4.79 Å². The van der Waals surface area contributed by atoms with Gasteiger partial charge in [-0.25, -0.2) is 0 Å². The minimum atomic E-state index is -1.07. The number of nitroso groups, excluding NO2 is 1. The smallest absolute Gasteiger partial charge is 0.221 e. The largest absolute Gasteiger partial charge is 0.334 e. The molecule has 0 radical (unpaired) electrons. The van der Waals surface area contributed by atoms with Crippen molar-refractivity contribution in [3.05, 3.63) is 4.91 Å². The normalized spacial score (nSPS) is 26.2. The molecule has 1 rings (SSSR count). The monoisotopic (exact) mass is 285 g/mol. The van der Waals surface area contributed by atoms with Gasteiger partial charge in [-0.05, 0) is 25.7 Å². The lowest BCUT2D eigenvalue weighted by atomic mass is 9.85. The first kappa shape index (κ1) is 17.0. The Morgan fingerprint density at radius 2 is 2.05 bits per heavy atom. The number of rotatable bonds is 9. The molecule has 116 valence electrons. The topological polar surface area (TPSA) is 90.8 Å². The Hall–Kier alpha value is -1.01. The van der Waals surface area contributed by atoms with Crippen LogP contribution in [0.5, 0.6) is 0 Å². The Bertz CT molecular complexity index is 312. The molecule has 3 N–H and O–H groups in total. The summed E-state index contributed by atoms with van der Waals surface area (Å²) in [5.41, 5.74) is 1.07. The third kappa shape index (κ3) is 4.83. The van der Waals surface area contributed by atoms with E-state index in [4.69, 9.17) is 0 Å². The van der Waals surface area contributed by atoms with E-state index < -0.39 is 11.7 Å². The SMILES string of the molecule is CCCCCCCC(=O)NC1(NO)CCCCC1N=O. The van der Waals surface area contributed by atoms with Crippen LogP contribution >= 0.6 is 0 Å². The van der Waals surface area contributed by atoms with Crippen LogP contribution in [-0.2, 0) is 4.79 Å². The predicted molar refractivity (Wildman–Crippen MR) is 77.2 cm³/mol. The third-order valence-corrected chi connectivity index (χ3v) is 4.06. The van der Waals surface area contributed by atoms with E-state index in [0.717, 1.165) is 32.1 Å². The maximum atomic E-state index is 12.0. The van der Waals surface area contributed by atoms with Crippen molar-refractivity contribution in [3.8, 4) is 0 Å². The highest BCUT2D eigenvalue weighted by Crippen LogP contribution is 2.28. The molecule has 0 bridgehead atoms. The molecule has 2 unspecified atom stereocenters. The first-order valence-electron chi connectivity index (χ1n) is 7.73. The fraction of sp³-hybridized carbons (Fsp3) is 0.929. The average Bonchev–Trinajstić information content (AvgIpc) is 2.47. The lowest BCUT2D eigenvalue weighted by Gasteiger charge is -2.39. The zero-order chi connectivity index (χ0) is 14.8. The van der Waals surface area contributed by atoms with Crippen molar-refractivity contribution in [1.29, 1.82) is 0 Å². The van der Waals surface area contributed by atoms with Gasteiger partial charge in [-0.2, -0.15) is 10.4 Å². The van der Waals surface area contributed by atoms with E-state index in [1.165, 1.54) is 12.8 Å². The number of amides is 1. The second-order valence-corrected chi connectivity index (χ2v) is 5.66. The molecular weight excluding hydrogens is 258 g/mol. The van der Waals surface area contributed by atoms with Crippen molar-refractivity contribution < 1.29 is 10.0 Å². The fourth-order valence-electron chi connectivity index (χ4n) is 2.80. The molecule has 1 aliphatic rings. The fourth-order valence-corrected chi connectivity index (χ4v) is 2.80. The summed E-state index contributed by atoms with van der Waals surface area (Å²) in [5.74, 6) is -0.126. The third-order valence-electron chi connectivity index (χ3n) is 4.06. The standard InChI is InChI=1S/C14H27N3O3/c1-2-3-4-5-6-10-13(18)15-14(17-20)11-8-7-9-12(14)16-19/h12,17,20H,2-11H2,1H3,(H,15,18). The van der Waals surface area contributed by atoms with E-state index in [-0.39, 0.29) is 5.91 Å². The Morgan fingerprint density at radius 3 is 2.70 bits per heavy atom. The summed E-state index contributed by atoms with van der Waals surface area (Å²) in [6.45, 7) is 2.15. The molecule has 6 nitrogen and oxygen atoms in total. The van der Waals surface area contributed by atoms with E-state index in [0.29, 0.717) is 19.3 Å². The Kier molecular flexibility index (Phi) is 7.69. The summed E-state index contributed by atoms with van der Waals surface area (Å²) in [6, 6.07) is -0.606. The minimum Gasteiger partial charge on any atom is -0.334 e. The van der Waals surface area contributed by atoms with Crippen LogP contribution in [0.1, 0.15) is 71.1 Å². The lowest BCUT2D eigenvalue weighted by molar-refractivity contribution is -0.127. The summed E-state index contributed by atoms with van der Waals surface area (Å²) >= 11 is 0. The van der Waals surface area contributed by atoms with Crippen LogP contribution in [0.25, 0.3) is 0 Å². The molecular formula is C14H27N3O3. The number of hydrogen-bond acceptors (Lipinski definition) is 5. The molecule has 0 heterocycles. The highest BCUT2D eigenvalue weighted by Gasteiger charge is 2.43. The summed E-state index contributed by atoms with van der Waals surface area (Å²) in [4.78, 5) is 22.9. The van der Waals surface area contributed by atoms with Gasteiger partial charge < -0.3 is 10.5 Å². The Labute approximate surface area is 120 Å². The number of nitrogens with one attached hydrogen (secondary N) is 2. The van der Waals surface area contributed by atoms with Crippen LogP contribution in [-0.4, -0.2) is 22.8 Å². The second-order valence-electron chi connectivity index (χ2n) is 5.66. The Balaban J connectivity index is 2.41. The van der Waals surface area contributed by atoms with Gasteiger partial charge in [0.2, 0.25) is 5.91 Å². The van der Waals surface area contributed by atoms with Crippen molar-refractivity contribution in [2.24, 2.45) is 5.18 Å². The molecule has 0 spiro atoms. The van der Waals surface area contributed by atoms with E-state index in [1.54, 1.807) is 0 Å². The van der Waals surface area contributed by atoms with E-state index in [1.807, 2.05) is 0 Å². The first-order chi connectivity index (χ1) is 9.68. The number of carbonyl (C=O) groups is 1. The van der Waals surface area contributed by atoms with Crippen molar-refractivity contribution in [2.45, 2.75) is 82.8 Å². The second kappa shape index (κ2) is 9.02. The van der Waals surface area contributed by atoms with Crippen molar-refractivity contribution in [2.75, 3.05) is 0 Å². The minimum absolute atomic E-state index is 0.126. The zero-order valence-corrected chi connectivity index (χ0v) is 12.4. The number of hydroxylamine groups is 1. The van der Waals surface area contributed by atoms with Crippen molar-refractivity contribution in [1.82, 2.24) is 10.8 Å². The number of carbonyl (C=O) groups excluding carboxylic acids is 1. The number of hydrogen-bond donors (Lipinski definition) is 3. The van der Waals surface area contributed by atoms with Gasteiger partial charge >= 0.3 is 0 Å². The highest BCUT2D eigenvalue weighted by molar-refractivity contribution is 5.76.